The van der Waals surface area contributed by atoms with E-state index in [1.165, 1.54) is 12.6 Å². The van der Waals surface area contributed by atoms with Crippen LogP contribution in [-0.2, 0) is 6.54 Å². The van der Waals surface area contributed by atoms with E-state index in [9.17, 15) is 14.3 Å². The van der Waals surface area contributed by atoms with Crippen LogP contribution in [0.2, 0.25) is 0 Å². The van der Waals surface area contributed by atoms with Crippen molar-refractivity contribution in [2.75, 3.05) is 11.1 Å². The number of pyridine rings is 1. The van der Waals surface area contributed by atoms with Gasteiger partial charge in [0.1, 0.15) is 5.76 Å². The standard InChI is InChI=1S/C19H24FN3O2/c1-3-23-10-13(11(2)24)19(25)16-15(23)9-14(17(20)18(16)21)22-12-7-5-4-6-8-12/h9-10,12,22,24H,2-8,21H2,1H3. The van der Waals surface area contributed by atoms with Crippen molar-refractivity contribution in [1.29, 1.82) is 0 Å². The van der Waals surface area contributed by atoms with Crippen molar-refractivity contribution in [2.24, 2.45) is 0 Å². The summed E-state index contributed by atoms with van der Waals surface area (Å²) in [6.45, 7) is 5.86. The Morgan fingerprint density at radius 1 is 1.44 bits per heavy atom. The van der Waals surface area contributed by atoms with E-state index in [-0.39, 0.29) is 28.4 Å². The predicted octanol–water partition coefficient (Wildman–Crippen LogP) is 4.02. The van der Waals surface area contributed by atoms with Gasteiger partial charge in [-0.25, -0.2) is 4.39 Å². The van der Waals surface area contributed by atoms with E-state index in [2.05, 4.69) is 11.9 Å². The van der Waals surface area contributed by atoms with Gasteiger partial charge in [0.15, 0.2) is 5.82 Å². The van der Waals surface area contributed by atoms with Gasteiger partial charge >= 0.3 is 0 Å². The molecule has 0 unspecified atom stereocenters. The first-order valence-electron chi connectivity index (χ1n) is 8.74. The number of rotatable bonds is 4. The number of aryl methyl sites for hydroxylation is 1. The third-order valence-corrected chi connectivity index (χ3v) is 4.96. The molecule has 0 aliphatic heterocycles. The summed E-state index contributed by atoms with van der Waals surface area (Å²) in [6.07, 6.45) is 7.01. The average Bonchev–Trinajstić information content (AvgIpc) is 2.60. The molecule has 3 rings (SSSR count). The highest BCUT2D eigenvalue weighted by molar-refractivity contribution is 5.95. The Bertz CT molecular complexity index is 883. The van der Waals surface area contributed by atoms with E-state index < -0.39 is 11.2 Å². The van der Waals surface area contributed by atoms with Gasteiger partial charge in [-0.15, -0.1) is 0 Å². The highest BCUT2D eigenvalue weighted by Crippen LogP contribution is 2.31. The van der Waals surface area contributed by atoms with Crippen LogP contribution in [0.1, 0.15) is 44.6 Å². The maximum Gasteiger partial charge on any atom is 0.202 e. The molecule has 6 heteroatoms. The summed E-state index contributed by atoms with van der Waals surface area (Å²) in [5.74, 6) is -0.961. The Kier molecular flexibility index (Phi) is 4.70. The van der Waals surface area contributed by atoms with Crippen LogP contribution in [0.15, 0.2) is 23.6 Å². The van der Waals surface area contributed by atoms with Gasteiger partial charge in [0.05, 0.1) is 27.8 Å². The monoisotopic (exact) mass is 345 g/mol. The number of aromatic nitrogens is 1. The number of aliphatic hydroxyl groups excluding tert-OH is 1. The first-order chi connectivity index (χ1) is 11.9. The molecule has 1 heterocycles. The SMILES string of the molecule is C=C(O)c1cn(CC)c2cc(NC3CCCCC3)c(F)c(N)c2c1=O. The van der Waals surface area contributed by atoms with Gasteiger partial charge in [-0.3, -0.25) is 4.79 Å². The number of nitrogens with zero attached hydrogens (tertiary/aromatic N) is 1. The largest absolute Gasteiger partial charge is 0.508 e. The van der Waals surface area contributed by atoms with Crippen LogP contribution in [0.5, 0.6) is 0 Å². The van der Waals surface area contributed by atoms with E-state index in [0.717, 1.165) is 25.7 Å². The molecular formula is C19H24FN3O2. The lowest BCUT2D eigenvalue weighted by molar-refractivity contribution is 0.461. The maximum atomic E-state index is 14.8. The van der Waals surface area contributed by atoms with Crippen molar-refractivity contribution >= 4 is 28.0 Å². The highest BCUT2D eigenvalue weighted by atomic mass is 19.1. The zero-order valence-electron chi connectivity index (χ0n) is 14.4. The van der Waals surface area contributed by atoms with E-state index in [1.807, 2.05) is 6.92 Å². The topological polar surface area (TPSA) is 80.3 Å². The van der Waals surface area contributed by atoms with Crippen LogP contribution in [0.4, 0.5) is 15.8 Å². The maximum absolute atomic E-state index is 14.8. The Morgan fingerprint density at radius 2 is 2.12 bits per heavy atom. The molecule has 0 radical (unpaired) electrons. The van der Waals surface area contributed by atoms with Crippen molar-refractivity contribution in [3.8, 4) is 0 Å². The van der Waals surface area contributed by atoms with Crippen LogP contribution in [0, 0.1) is 5.82 Å². The third kappa shape index (κ3) is 3.08. The van der Waals surface area contributed by atoms with E-state index in [4.69, 9.17) is 5.73 Å². The molecule has 0 saturated heterocycles. The van der Waals surface area contributed by atoms with E-state index in [1.54, 1.807) is 10.6 Å². The highest BCUT2D eigenvalue weighted by Gasteiger charge is 2.21. The average molecular weight is 345 g/mol. The van der Waals surface area contributed by atoms with Crippen LogP contribution in [-0.4, -0.2) is 15.7 Å². The van der Waals surface area contributed by atoms with Gasteiger partial charge in [-0.2, -0.15) is 0 Å². The molecule has 1 aliphatic rings. The smallest absolute Gasteiger partial charge is 0.202 e. The van der Waals surface area contributed by atoms with Crippen LogP contribution < -0.4 is 16.5 Å². The molecule has 0 atom stereocenters. The summed E-state index contributed by atoms with van der Waals surface area (Å²) < 4.78 is 16.6. The molecule has 0 bridgehead atoms. The van der Waals surface area contributed by atoms with Crippen LogP contribution in [0.3, 0.4) is 0 Å². The molecule has 4 N–H and O–H groups in total. The molecule has 0 amide bonds. The summed E-state index contributed by atoms with van der Waals surface area (Å²) >= 11 is 0. The molecule has 1 fully saturated rings. The second-order valence-electron chi connectivity index (χ2n) is 6.63. The van der Waals surface area contributed by atoms with Crippen LogP contribution in [0.25, 0.3) is 16.7 Å². The summed E-state index contributed by atoms with van der Waals surface area (Å²) in [6, 6.07) is 1.86. The number of anilines is 2. The Labute approximate surface area is 146 Å². The van der Waals surface area contributed by atoms with E-state index in [0.29, 0.717) is 17.7 Å². The second kappa shape index (κ2) is 6.78. The number of fused-ring (bicyclic) bond motifs is 1. The lowest BCUT2D eigenvalue weighted by atomic mass is 9.95. The zero-order chi connectivity index (χ0) is 18.1. The minimum atomic E-state index is -0.612. The Balaban J connectivity index is 2.19. The molecule has 5 nitrogen and oxygen atoms in total. The van der Waals surface area contributed by atoms with Crippen molar-refractivity contribution in [1.82, 2.24) is 4.57 Å². The summed E-state index contributed by atoms with van der Waals surface area (Å²) in [7, 11) is 0. The number of hydrogen-bond donors (Lipinski definition) is 3. The minimum absolute atomic E-state index is 0.0356. The number of aliphatic hydroxyl groups is 1. The molecule has 0 spiro atoms. The molecular weight excluding hydrogens is 321 g/mol. The molecule has 1 aromatic carbocycles. The molecule has 1 aliphatic carbocycles. The van der Waals surface area contributed by atoms with Gasteiger partial charge in [0.2, 0.25) is 5.43 Å². The van der Waals surface area contributed by atoms with Crippen molar-refractivity contribution in [2.45, 2.75) is 51.6 Å². The van der Waals surface area contributed by atoms with Crippen LogP contribution >= 0.6 is 0 Å². The lowest BCUT2D eigenvalue weighted by Gasteiger charge is -2.25. The lowest BCUT2D eigenvalue weighted by Crippen LogP contribution is -2.24. The summed E-state index contributed by atoms with van der Waals surface area (Å²) in [4.78, 5) is 12.6. The first kappa shape index (κ1) is 17.3. The van der Waals surface area contributed by atoms with Crippen molar-refractivity contribution < 1.29 is 9.50 Å². The Hall–Kier alpha value is -2.50. The number of halogens is 1. The number of nitrogens with two attached hydrogens (primary N) is 1. The first-order valence-corrected chi connectivity index (χ1v) is 8.74. The Morgan fingerprint density at radius 3 is 2.72 bits per heavy atom. The molecule has 134 valence electrons. The number of hydrogen-bond acceptors (Lipinski definition) is 4. The normalized spacial score (nSPS) is 15.4. The third-order valence-electron chi connectivity index (χ3n) is 4.96. The fourth-order valence-electron chi connectivity index (χ4n) is 3.59. The van der Waals surface area contributed by atoms with Gasteiger partial charge < -0.3 is 20.7 Å². The quantitative estimate of drug-likeness (QED) is 0.578. The molecule has 1 saturated carbocycles. The summed E-state index contributed by atoms with van der Waals surface area (Å²) in [5.41, 5.74) is 6.20. The van der Waals surface area contributed by atoms with Gasteiger partial charge in [-0.1, -0.05) is 25.8 Å². The number of benzene rings is 1. The fourth-order valence-corrected chi connectivity index (χ4v) is 3.59. The molecule has 2 aromatic rings. The van der Waals surface area contributed by atoms with Gasteiger partial charge in [0.25, 0.3) is 0 Å². The predicted molar refractivity (Wildman–Crippen MR) is 100 cm³/mol. The molecule has 1 aromatic heterocycles. The fraction of sp³-hybridized carbons (Fsp3) is 0.421. The van der Waals surface area contributed by atoms with E-state index >= 15 is 0 Å². The van der Waals surface area contributed by atoms with Crippen molar-refractivity contribution in [3.63, 3.8) is 0 Å². The minimum Gasteiger partial charge on any atom is -0.508 e. The zero-order valence-corrected chi connectivity index (χ0v) is 14.4. The van der Waals surface area contributed by atoms with Gasteiger partial charge in [0, 0.05) is 18.8 Å². The second-order valence-corrected chi connectivity index (χ2v) is 6.63. The van der Waals surface area contributed by atoms with Gasteiger partial charge in [-0.05, 0) is 25.8 Å². The summed E-state index contributed by atoms with van der Waals surface area (Å²) in [5, 5.41) is 13.0. The van der Waals surface area contributed by atoms with Crippen molar-refractivity contribution in [3.05, 3.63) is 40.4 Å². The number of nitrogen functional groups attached to an aromatic ring is 1. The molecule has 25 heavy (non-hydrogen) atoms. The number of nitrogens with one attached hydrogen (secondary N) is 1.